The molecule has 0 heterocycles. The number of nitrogens with one attached hydrogen (secondary N) is 1. The zero-order valence-electron chi connectivity index (χ0n) is 9.89. The third kappa shape index (κ3) is 46.7. The summed E-state index contributed by atoms with van der Waals surface area (Å²) < 4.78 is 0. The van der Waals surface area contributed by atoms with E-state index in [4.69, 9.17) is 5.73 Å². The Morgan fingerprint density at radius 2 is 1.81 bits per heavy atom. The number of rotatable bonds is 1. The van der Waals surface area contributed by atoms with Gasteiger partial charge >= 0.3 is 26.2 Å². The van der Waals surface area contributed by atoms with Crippen molar-refractivity contribution < 1.29 is 55.8 Å². The minimum absolute atomic E-state index is 0. The van der Waals surface area contributed by atoms with Crippen molar-refractivity contribution in [1.82, 2.24) is 0 Å². The van der Waals surface area contributed by atoms with Crippen molar-refractivity contribution in [2.24, 2.45) is 0 Å². The van der Waals surface area contributed by atoms with Crippen LogP contribution in [0.4, 0.5) is 0 Å². The van der Waals surface area contributed by atoms with Gasteiger partial charge in [0.2, 0.25) is 0 Å². The van der Waals surface area contributed by atoms with Gasteiger partial charge in [0.15, 0.2) is 0 Å². The molecule has 0 spiro atoms. The van der Waals surface area contributed by atoms with E-state index in [2.05, 4.69) is 25.2 Å². The molecular weight excluding hydrogens is 340 g/mol. The van der Waals surface area contributed by atoms with Gasteiger partial charge in [0.05, 0.1) is 0 Å². The van der Waals surface area contributed by atoms with Gasteiger partial charge in [-0.1, -0.05) is 20.0 Å². The van der Waals surface area contributed by atoms with Crippen LogP contribution in [0, 0.1) is 6.08 Å². The number of carbonyl (C=O) groups is 1. The molecule has 1 rings (SSSR count). The van der Waals surface area contributed by atoms with Gasteiger partial charge in [0, 0.05) is 15.4 Å². The van der Waals surface area contributed by atoms with Crippen LogP contribution in [-0.2, 0) is 31.0 Å². The topological polar surface area (TPSA) is 40.9 Å². The number of carbonyl (C=O) groups excluding carboxylic acids is 1. The van der Waals surface area contributed by atoms with Crippen molar-refractivity contribution in [1.29, 1.82) is 0 Å². The molecule has 0 atom stereocenters. The van der Waals surface area contributed by atoms with Gasteiger partial charge in [-0.15, -0.1) is 6.42 Å². The number of halogens is 2. The SMILES string of the molecule is CCC([NH-])=O.C[SiH]C.[C-]1=CC=CC1.[Cl-].[Cl-].[Zr+4]. The zero-order valence-corrected chi connectivity index (χ0v) is 15.0. The Morgan fingerprint density at radius 3 is 1.88 bits per heavy atom. The molecule has 1 N–H and O–H groups in total. The first-order chi connectivity index (χ1) is 6.18. The average Bonchev–Trinajstić information content (AvgIpc) is 2.62. The molecule has 0 aliphatic heterocycles. The van der Waals surface area contributed by atoms with E-state index in [1.807, 2.05) is 12.2 Å². The van der Waals surface area contributed by atoms with Crippen LogP contribution in [0.5, 0.6) is 0 Å². The van der Waals surface area contributed by atoms with Crippen LogP contribution in [0.1, 0.15) is 19.8 Å². The molecule has 1 aliphatic carbocycles. The Kier molecular flexibility index (Phi) is 55.6. The molecule has 91 valence electrons. The molecule has 0 aromatic rings. The molecule has 2 nitrogen and oxygen atoms in total. The molecule has 0 fully saturated rings. The van der Waals surface area contributed by atoms with Crippen LogP contribution in [0.15, 0.2) is 18.2 Å². The first-order valence-corrected chi connectivity index (χ1v) is 6.70. The molecule has 1 aliphatic rings. The van der Waals surface area contributed by atoms with Crippen LogP contribution >= 0.6 is 0 Å². The molecule has 1 amide bonds. The van der Waals surface area contributed by atoms with Crippen molar-refractivity contribution in [2.45, 2.75) is 32.9 Å². The number of hydrogen-bond donors (Lipinski definition) is 0. The Bertz CT molecular complexity index is 168. The molecular formula is C10H18Cl2NOSiZr. The molecule has 6 heteroatoms. The second-order valence-electron chi connectivity index (χ2n) is 2.36. The molecule has 0 unspecified atom stereocenters. The average molecular weight is 358 g/mol. The fraction of sp³-hybridized carbons (Fsp3) is 0.500. The van der Waals surface area contributed by atoms with Gasteiger partial charge < -0.3 is 35.3 Å². The van der Waals surface area contributed by atoms with Crippen LogP contribution in [0.3, 0.4) is 0 Å². The summed E-state index contributed by atoms with van der Waals surface area (Å²) in [6, 6.07) is 0. The van der Waals surface area contributed by atoms with Gasteiger partial charge in [-0.05, 0) is 6.42 Å². The van der Waals surface area contributed by atoms with Crippen LogP contribution < -0.4 is 24.8 Å². The molecule has 0 bridgehead atoms. The number of allylic oxidation sites excluding steroid dienone is 4. The molecule has 0 saturated heterocycles. The van der Waals surface area contributed by atoms with Gasteiger partial charge in [0.25, 0.3) is 0 Å². The molecule has 1 radical (unpaired) electrons. The van der Waals surface area contributed by atoms with E-state index >= 15 is 0 Å². The third-order valence-electron chi connectivity index (χ3n) is 0.907. The summed E-state index contributed by atoms with van der Waals surface area (Å²) >= 11 is 0. The summed E-state index contributed by atoms with van der Waals surface area (Å²) in [5.41, 5.74) is 6.19. The van der Waals surface area contributed by atoms with E-state index in [0.29, 0.717) is 6.42 Å². The first kappa shape index (κ1) is 30.0. The summed E-state index contributed by atoms with van der Waals surface area (Å²) in [5.74, 6) is -0.495. The largest absolute Gasteiger partial charge is 4.00 e. The van der Waals surface area contributed by atoms with Crippen LogP contribution in [0.2, 0.25) is 13.1 Å². The standard InChI is InChI=1S/C5H5.C3H7NO.C2H7Si.2ClH.Zr/c1-2-4-5-3-1;1-2-3(4)5;1-3-2;;;/h1-3H,4H2;2H2,1H3,(H2,4,5);3H,1-2H3;2*1H;/q-1;;;;;+4/p-3. The Hall–Kier alpha value is 0.630. The predicted molar refractivity (Wildman–Crippen MR) is 60.1 cm³/mol. The molecule has 16 heavy (non-hydrogen) atoms. The number of hydrogen-bond acceptors (Lipinski definition) is 1. The molecule has 0 aromatic heterocycles. The van der Waals surface area contributed by atoms with E-state index in [9.17, 15) is 4.79 Å². The monoisotopic (exact) mass is 356 g/mol. The smallest absolute Gasteiger partial charge is 1.00 e. The van der Waals surface area contributed by atoms with Crippen molar-refractivity contribution in [2.75, 3.05) is 0 Å². The Morgan fingerprint density at radius 1 is 1.44 bits per heavy atom. The van der Waals surface area contributed by atoms with E-state index < -0.39 is 5.91 Å². The van der Waals surface area contributed by atoms with Crippen molar-refractivity contribution in [3.63, 3.8) is 0 Å². The van der Waals surface area contributed by atoms with Crippen molar-refractivity contribution in [3.05, 3.63) is 30.0 Å². The molecule has 0 saturated carbocycles. The van der Waals surface area contributed by atoms with Gasteiger partial charge in [-0.3, -0.25) is 6.08 Å². The quantitative estimate of drug-likeness (QED) is 0.360. The summed E-state index contributed by atoms with van der Waals surface area (Å²) in [6.45, 7) is 6.08. The van der Waals surface area contributed by atoms with E-state index in [-0.39, 0.29) is 51.0 Å². The normalized spacial score (nSPS) is 8.94. The Balaban J connectivity index is -0.0000000356. The second kappa shape index (κ2) is 29.6. The maximum absolute atomic E-state index is 9.48. The summed E-state index contributed by atoms with van der Waals surface area (Å²) in [5, 5.41) is 0. The van der Waals surface area contributed by atoms with E-state index in [1.165, 1.54) is 0 Å². The van der Waals surface area contributed by atoms with Crippen LogP contribution in [-0.4, -0.2) is 15.4 Å². The first-order valence-electron chi connectivity index (χ1n) is 4.39. The maximum Gasteiger partial charge on any atom is 4.00 e. The second-order valence-corrected chi connectivity index (χ2v) is 3.51. The third-order valence-corrected chi connectivity index (χ3v) is 0.907. The minimum atomic E-state index is -0.495. The van der Waals surface area contributed by atoms with Gasteiger partial charge in [0.1, 0.15) is 0 Å². The molecule has 0 aromatic carbocycles. The summed E-state index contributed by atoms with van der Waals surface area (Å²) in [7, 11) is 0.750. The van der Waals surface area contributed by atoms with E-state index in [1.54, 1.807) is 6.92 Å². The fourth-order valence-corrected chi connectivity index (χ4v) is 0.340. The van der Waals surface area contributed by atoms with Crippen molar-refractivity contribution >= 4 is 15.4 Å². The van der Waals surface area contributed by atoms with Gasteiger partial charge in [-0.2, -0.15) is 6.08 Å². The number of amides is 1. The Labute approximate surface area is 133 Å². The minimum Gasteiger partial charge on any atom is -1.00 e. The van der Waals surface area contributed by atoms with E-state index in [0.717, 1.165) is 15.9 Å². The fourth-order valence-electron chi connectivity index (χ4n) is 0.340. The summed E-state index contributed by atoms with van der Waals surface area (Å²) in [4.78, 5) is 9.48. The zero-order chi connectivity index (χ0) is 10.5. The van der Waals surface area contributed by atoms with Crippen molar-refractivity contribution in [3.8, 4) is 0 Å². The van der Waals surface area contributed by atoms with Gasteiger partial charge in [-0.25, -0.2) is 12.2 Å². The summed E-state index contributed by atoms with van der Waals surface area (Å²) in [6.07, 6.45) is 10.3. The maximum atomic E-state index is 9.48. The van der Waals surface area contributed by atoms with Crippen LogP contribution in [0.25, 0.3) is 5.73 Å². The predicted octanol–water partition coefficient (Wildman–Crippen LogP) is -3.19.